The van der Waals surface area contributed by atoms with Crippen molar-refractivity contribution < 1.29 is 22.7 Å². The van der Waals surface area contributed by atoms with Gasteiger partial charge >= 0.3 is 6.18 Å². The van der Waals surface area contributed by atoms with Crippen LogP contribution in [-0.4, -0.2) is 37.6 Å². The van der Waals surface area contributed by atoms with Crippen LogP contribution in [0.4, 0.5) is 13.2 Å². The highest BCUT2D eigenvalue weighted by Crippen LogP contribution is 2.33. The van der Waals surface area contributed by atoms with Crippen LogP contribution in [0.1, 0.15) is 58.4 Å². The largest absolute Gasteiger partial charge is 0.496 e. The molecule has 2 aromatic rings. The average molecular weight is 449 g/mol. The van der Waals surface area contributed by atoms with Crippen molar-refractivity contribution in [2.24, 2.45) is 5.92 Å². The summed E-state index contributed by atoms with van der Waals surface area (Å²) in [5, 5.41) is 2.90. The Bertz CT molecular complexity index is 941. The standard InChI is InChI=1S/C25H31F3N2O2/c1-16-17(2)23(32-4)12-11-22(16)18(3)30-13-5-6-19(15-30)14-29-24(31)20-7-9-21(10-8-20)25(26,27)28/h7-12,18-19H,5-6,13-15H2,1-4H3,(H,29,31). The minimum Gasteiger partial charge on any atom is -0.496 e. The normalized spacial score (nSPS) is 18.3. The average Bonchev–Trinajstić information content (AvgIpc) is 2.78. The number of ether oxygens (including phenoxy) is 1. The van der Waals surface area contributed by atoms with Gasteiger partial charge in [0.2, 0.25) is 0 Å². The number of carbonyl (C=O) groups excluding carboxylic acids is 1. The molecule has 0 aromatic heterocycles. The van der Waals surface area contributed by atoms with Gasteiger partial charge in [-0.15, -0.1) is 0 Å². The molecule has 32 heavy (non-hydrogen) atoms. The number of likely N-dealkylation sites (tertiary alicyclic amines) is 1. The number of nitrogens with one attached hydrogen (secondary N) is 1. The van der Waals surface area contributed by atoms with Gasteiger partial charge in [0.15, 0.2) is 0 Å². The van der Waals surface area contributed by atoms with Crippen LogP contribution in [0.15, 0.2) is 36.4 Å². The van der Waals surface area contributed by atoms with Crippen molar-refractivity contribution in [1.82, 2.24) is 10.2 Å². The lowest BCUT2D eigenvalue weighted by atomic mass is 9.92. The zero-order chi connectivity index (χ0) is 23.5. The van der Waals surface area contributed by atoms with Gasteiger partial charge in [-0.3, -0.25) is 9.69 Å². The number of amides is 1. The van der Waals surface area contributed by atoms with E-state index in [0.29, 0.717) is 12.5 Å². The van der Waals surface area contributed by atoms with Crippen LogP contribution >= 0.6 is 0 Å². The molecule has 1 aliphatic rings. The molecule has 2 unspecified atom stereocenters. The molecule has 2 aromatic carbocycles. The summed E-state index contributed by atoms with van der Waals surface area (Å²) in [4.78, 5) is 14.8. The summed E-state index contributed by atoms with van der Waals surface area (Å²) in [6.45, 7) is 8.75. The van der Waals surface area contributed by atoms with E-state index in [4.69, 9.17) is 4.74 Å². The van der Waals surface area contributed by atoms with Gasteiger partial charge < -0.3 is 10.1 Å². The van der Waals surface area contributed by atoms with E-state index in [1.165, 1.54) is 23.3 Å². The minimum atomic E-state index is -4.40. The van der Waals surface area contributed by atoms with E-state index >= 15 is 0 Å². The van der Waals surface area contributed by atoms with E-state index in [1.54, 1.807) is 7.11 Å². The van der Waals surface area contributed by atoms with Crippen molar-refractivity contribution in [2.75, 3.05) is 26.7 Å². The highest BCUT2D eigenvalue weighted by atomic mass is 19.4. The molecule has 7 heteroatoms. The summed E-state index contributed by atoms with van der Waals surface area (Å²) < 4.78 is 43.6. The maximum absolute atomic E-state index is 12.7. The van der Waals surface area contributed by atoms with Crippen LogP contribution in [0.2, 0.25) is 0 Å². The summed E-state index contributed by atoms with van der Waals surface area (Å²) in [6, 6.07) is 8.72. The van der Waals surface area contributed by atoms with Crippen molar-refractivity contribution in [3.63, 3.8) is 0 Å². The van der Waals surface area contributed by atoms with Crippen LogP contribution < -0.4 is 10.1 Å². The fraction of sp³-hybridized carbons (Fsp3) is 0.480. The first-order chi connectivity index (χ1) is 15.1. The molecule has 1 aliphatic heterocycles. The molecule has 0 spiro atoms. The number of rotatable bonds is 6. The van der Waals surface area contributed by atoms with E-state index < -0.39 is 11.7 Å². The first-order valence-electron chi connectivity index (χ1n) is 11.0. The van der Waals surface area contributed by atoms with Gasteiger partial charge in [0, 0.05) is 24.7 Å². The van der Waals surface area contributed by atoms with Crippen LogP contribution in [0.25, 0.3) is 0 Å². The molecule has 174 valence electrons. The molecule has 3 rings (SSSR count). The highest BCUT2D eigenvalue weighted by molar-refractivity contribution is 5.94. The van der Waals surface area contributed by atoms with Gasteiger partial charge in [-0.1, -0.05) is 6.07 Å². The summed E-state index contributed by atoms with van der Waals surface area (Å²) >= 11 is 0. The maximum Gasteiger partial charge on any atom is 0.416 e. The fourth-order valence-corrected chi connectivity index (χ4v) is 4.45. The van der Waals surface area contributed by atoms with Crippen molar-refractivity contribution in [2.45, 2.75) is 45.8 Å². The first kappa shape index (κ1) is 24.1. The number of methoxy groups -OCH3 is 1. The van der Waals surface area contributed by atoms with E-state index in [1.807, 2.05) is 6.07 Å². The van der Waals surface area contributed by atoms with Crippen molar-refractivity contribution in [1.29, 1.82) is 0 Å². The molecule has 0 saturated carbocycles. The van der Waals surface area contributed by atoms with Gasteiger partial charge in [0.25, 0.3) is 5.91 Å². The second-order valence-corrected chi connectivity index (χ2v) is 8.57. The molecule has 0 aliphatic carbocycles. The smallest absolute Gasteiger partial charge is 0.416 e. The Morgan fingerprint density at radius 3 is 2.47 bits per heavy atom. The molecular weight excluding hydrogens is 417 g/mol. The molecule has 1 saturated heterocycles. The number of benzene rings is 2. The third-order valence-corrected chi connectivity index (χ3v) is 6.57. The Balaban J connectivity index is 1.59. The van der Waals surface area contributed by atoms with Crippen molar-refractivity contribution in [3.05, 3.63) is 64.2 Å². The van der Waals surface area contributed by atoms with E-state index in [0.717, 1.165) is 49.4 Å². The van der Waals surface area contributed by atoms with E-state index in [9.17, 15) is 18.0 Å². The Morgan fingerprint density at radius 1 is 1.16 bits per heavy atom. The fourth-order valence-electron chi connectivity index (χ4n) is 4.45. The topological polar surface area (TPSA) is 41.6 Å². The summed E-state index contributed by atoms with van der Waals surface area (Å²) in [5.74, 6) is 0.843. The zero-order valence-corrected chi connectivity index (χ0v) is 19.1. The number of hydrogen-bond acceptors (Lipinski definition) is 3. The quantitative estimate of drug-likeness (QED) is 0.632. The molecule has 1 N–H and O–H groups in total. The lowest BCUT2D eigenvalue weighted by molar-refractivity contribution is -0.137. The number of carbonyl (C=O) groups is 1. The Kier molecular flexibility index (Phi) is 7.49. The number of nitrogens with zero attached hydrogens (tertiary/aromatic N) is 1. The second-order valence-electron chi connectivity index (χ2n) is 8.57. The lowest BCUT2D eigenvalue weighted by Gasteiger charge is -2.38. The van der Waals surface area contributed by atoms with E-state index in [-0.39, 0.29) is 17.5 Å². The van der Waals surface area contributed by atoms with E-state index in [2.05, 4.69) is 37.1 Å². The number of hydrogen-bond donors (Lipinski definition) is 1. The van der Waals surface area contributed by atoms with Crippen molar-refractivity contribution in [3.8, 4) is 5.75 Å². The number of halogens is 3. The molecular formula is C25H31F3N2O2. The summed E-state index contributed by atoms with van der Waals surface area (Å²) in [6.07, 6.45) is -2.35. The molecule has 1 fully saturated rings. The SMILES string of the molecule is COc1ccc(C(C)N2CCCC(CNC(=O)c3ccc(C(F)(F)F)cc3)C2)c(C)c1C. The monoisotopic (exact) mass is 448 g/mol. The molecule has 0 radical (unpaired) electrons. The van der Waals surface area contributed by atoms with Gasteiger partial charge in [-0.2, -0.15) is 13.2 Å². The Labute approximate surface area is 187 Å². The first-order valence-corrected chi connectivity index (χ1v) is 11.0. The molecule has 1 amide bonds. The third kappa shape index (κ3) is 5.44. The third-order valence-electron chi connectivity index (χ3n) is 6.57. The minimum absolute atomic E-state index is 0.239. The van der Waals surface area contributed by atoms with Crippen LogP contribution in [0.3, 0.4) is 0 Å². The second kappa shape index (κ2) is 9.94. The van der Waals surface area contributed by atoms with Crippen molar-refractivity contribution >= 4 is 5.91 Å². The molecule has 2 atom stereocenters. The Morgan fingerprint density at radius 2 is 1.84 bits per heavy atom. The summed E-state index contributed by atoms with van der Waals surface area (Å²) in [7, 11) is 1.68. The van der Waals surface area contributed by atoms with Gasteiger partial charge in [-0.25, -0.2) is 0 Å². The highest BCUT2D eigenvalue weighted by Gasteiger charge is 2.30. The Hall–Kier alpha value is -2.54. The predicted molar refractivity (Wildman–Crippen MR) is 119 cm³/mol. The zero-order valence-electron chi connectivity index (χ0n) is 19.1. The molecule has 0 bridgehead atoms. The molecule has 4 nitrogen and oxygen atoms in total. The number of piperidine rings is 1. The van der Waals surface area contributed by atoms with Crippen LogP contribution in [-0.2, 0) is 6.18 Å². The van der Waals surface area contributed by atoms with Gasteiger partial charge in [-0.05, 0) is 93.1 Å². The van der Waals surface area contributed by atoms with Crippen LogP contribution in [0, 0.1) is 19.8 Å². The predicted octanol–water partition coefficient (Wildman–Crippen LogP) is 5.53. The maximum atomic E-state index is 12.7. The van der Waals surface area contributed by atoms with Gasteiger partial charge in [0.05, 0.1) is 12.7 Å². The van der Waals surface area contributed by atoms with Gasteiger partial charge in [0.1, 0.15) is 5.75 Å². The molecule has 1 heterocycles. The summed E-state index contributed by atoms with van der Waals surface area (Å²) in [5.41, 5.74) is 3.14. The van der Waals surface area contributed by atoms with Crippen LogP contribution in [0.5, 0.6) is 5.75 Å². The number of alkyl halides is 3. The lowest BCUT2D eigenvalue weighted by Crippen LogP contribution is -2.42.